The molecule has 6 nitrogen and oxygen atoms in total. The summed E-state index contributed by atoms with van der Waals surface area (Å²) in [4.78, 5) is 26.0. The van der Waals surface area contributed by atoms with Crippen molar-refractivity contribution in [2.45, 2.75) is 19.3 Å². The van der Waals surface area contributed by atoms with Gasteiger partial charge in [0.15, 0.2) is 0 Å². The summed E-state index contributed by atoms with van der Waals surface area (Å²) in [5.41, 5.74) is 3.38. The van der Waals surface area contributed by atoms with Crippen LogP contribution in [0.5, 0.6) is 5.75 Å². The molecule has 0 saturated carbocycles. The Kier molecular flexibility index (Phi) is 5.32. The highest BCUT2D eigenvalue weighted by Crippen LogP contribution is 2.47. The number of rotatable bonds is 4. The molecule has 1 fully saturated rings. The molecule has 2 heterocycles. The minimum atomic E-state index is -1.07. The van der Waals surface area contributed by atoms with E-state index >= 15 is 0 Å². The van der Waals surface area contributed by atoms with Crippen molar-refractivity contribution in [2.24, 2.45) is 0 Å². The number of likely N-dealkylation sites (tertiary alicyclic amines) is 1. The van der Waals surface area contributed by atoms with Crippen LogP contribution in [0.3, 0.4) is 0 Å². The summed E-state index contributed by atoms with van der Waals surface area (Å²) in [6, 6.07) is 17.9. The first-order chi connectivity index (χ1) is 16.4. The molecule has 0 bridgehead atoms. The molecule has 1 amide bonds. The van der Waals surface area contributed by atoms with Crippen LogP contribution < -0.4 is 0 Å². The van der Waals surface area contributed by atoms with Gasteiger partial charge < -0.3 is 19.7 Å². The number of aromatic nitrogens is 1. The lowest BCUT2D eigenvalue weighted by Gasteiger charge is -2.20. The van der Waals surface area contributed by atoms with Crippen LogP contribution in [0.15, 0.2) is 66.7 Å². The molecule has 0 spiro atoms. The SMILES string of the molecule is CC(=O)N1CCC(c2c(-c3ccccc3C(=O)O)c3c(O)cccc3n2-c2ccc(F)cc2)C1. The average molecular weight is 458 g/mol. The predicted molar refractivity (Wildman–Crippen MR) is 127 cm³/mol. The summed E-state index contributed by atoms with van der Waals surface area (Å²) in [6.07, 6.45) is 0.681. The molecule has 1 unspecified atom stereocenters. The number of aromatic hydroxyl groups is 1. The Morgan fingerprint density at radius 3 is 2.41 bits per heavy atom. The molecular formula is C27H23FN2O4. The zero-order chi connectivity index (χ0) is 24.0. The van der Waals surface area contributed by atoms with E-state index in [4.69, 9.17) is 0 Å². The number of halogens is 1. The highest BCUT2D eigenvalue weighted by atomic mass is 19.1. The standard InChI is InChI=1S/C27H23FN2O4/c1-16(31)29-14-13-17(15-29)26-24(20-5-2-3-6-21(20)27(33)34)25-22(7-4-8-23(25)32)30(26)19-11-9-18(28)10-12-19/h2-12,17,32H,13-15H2,1H3,(H,33,34). The quantitative estimate of drug-likeness (QED) is 0.442. The van der Waals surface area contributed by atoms with E-state index in [1.54, 1.807) is 53.4 Å². The Balaban J connectivity index is 1.90. The van der Waals surface area contributed by atoms with Crippen LogP contribution in [0.1, 0.15) is 35.3 Å². The van der Waals surface area contributed by atoms with Gasteiger partial charge in [0.2, 0.25) is 5.91 Å². The molecule has 34 heavy (non-hydrogen) atoms. The number of benzene rings is 3. The van der Waals surface area contributed by atoms with E-state index in [9.17, 15) is 24.2 Å². The van der Waals surface area contributed by atoms with E-state index < -0.39 is 5.97 Å². The second kappa shape index (κ2) is 8.33. The molecule has 1 aromatic heterocycles. The monoisotopic (exact) mass is 458 g/mol. The second-order valence-electron chi connectivity index (χ2n) is 8.54. The zero-order valence-electron chi connectivity index (χ0n) is 18.5. The second-order valence-corrected chi connectivity index (χ2v) is 8.54. The van der Waals surface area contributed by atoms with Gasteiger partial charge in [-0.05, 0) is 54.4 Å². The van der Waals surface area contributed by atoms with Crippen LogP contribution in [0.4, 0.5) is 4.39 Å². The van der Waals surface area contributed by atoms with Gasteiger partial charge in [-0.1, -0.05) is 24.3 Å². The van der Waals surface area contributed by atoms with Gasteiger partial charge in [-0.3, -0.25) is 4.79 Å². The van der Waals surface area contributed by atoms with Crippen molar-refractivity contribution >= 4 is 22.8 Å². The highest BCUT2D eigenvalue weighted by molar-refractivity contribution is 6.08. The minimum Gasteiger partial charge on any atom is -0.507 e. The van der Waals surface area contributed by atoms with Crippen LogP contribution >= 0.6 is 0 Å². The fraction of sp³-hybridized carbons (Fsp3) is 0.185. The molecule has 172 valence electrons. The van der Waals surface area contributed by atoms with Crippen molar-refractivity contribution < 1.29 is 24.2 Å². The van der Waals surface area contributed by atoms with Crippen LogP contribution in [-0.2, 0) is 4.79 Å². The Morgan fingerprint density at radius 1 is 1.00 bits per heavy atom. The summed E-state index contributed by atoms with van der Waals surface area (Å²) in [6.45, 7) is 2.58. The molecule has 3 aromatic carbocycles. The zero-order valence-corrected chi connectivity index (χ0v) is 18.5. The predicted octanol–water partition coefficient (Wildman–Crippen LogP) is 5.18. The van der Waals surface area contributed by atoms with Crippen LogP contribution in [0.25, 0.3) is 27.7 Å². The summed E-state index contributed by atoms with van der Waals surface area (Å²) < 4.78 is 15.7. The molecule has 4 aromatic rings. The number of aromatic carboxylic acids is 1. The van der Waals surface area contributed by atoms with Gasteiger partial charge in [-0.2, -0.15) is 0 Å². The van der Waals surface area contributed by atoms with Gasteiger partial charge in [0.05, 0.1) is 11.1 Å². The first-order valence-electron chi connectivity index (χ1n) is 11.1. The first kappa shape index (κ1) is 21.7. The molecular weight excluding hydrogens is 435 g/mol. The number of phenols is 1. The van der Waals surface area contributed by atoms with E-state index in [1.807, 2.05) is 10.6 Å². The fourth-order valence-electron chi connectivity index (χ4n) is 5.03. The summed E-state index contributed by atoms with van der Waals surface area (Å²) in [7, 11) is 0. The summed E-state index contributed by atoms with van der Waals surface area (Å²) in [5.74, 6) is -1.56. The van der Waals surface area contributed by atoms with E-state index in [0.29, 0.717) is 47.2 Å². The van der Waals surface area contributed by atoms with Gasteiger partial charge in [0.1, 0.15) is 11.6 Å². The lowest BCUT2D eigenvalue weighted by molar-refractivity contribution is -0.127. The number of carbonyl (C=O) groups excluding carboxylic acids is 1. The number of phenolic OH excluding ortho intramolecular Hbond substituents is 1. The highest BCUT2D eigenvalue weighted by Gasteiger charge is 2.34. The van der Waals surface area contributed by atoms with Crippen LogP contribution in [0.2, 0.25) is 0 Å². The Labute approximate surface area is 195 Å². The molecule has 5 rings (SSSR count). The molecule has 2 N–H and O–H groups in total. The minimum absolute atomic E-state index is 0.0243. The lowest BCUT2D eigenvalue weighted by atomic mass is 9.91. The third kappa shape index (κ3) is 3.50. The van der Waals surface area contributed by atoms with Crippen molar-refractivity contribution in [1.29, 1.82) is 0 Å². The summed E-state index contributed by atoms with van der Waals surface area (Å²) >= 11 is 0. The summed E-state index contributed by atoms with van der Waals surface area (Å²) in [5, 5.41) is 21.4. The topological polar surface area (TPSA) is 82.8 Å². The molecule has 7 heteroatoms. The Hall–Kier alpha value is -4.13. The largest absolute Gasteiger partial charge is 0.507 e. The number of nitrogens with zero attached hydrogens (tertiary/aromatic N) is 2. The Bertz CT molecular complexity index is 1420. The van der Waals surface area contributed by atoms with E-state index in [1.165, 1.54) is 19.1 Å². The number of carbonyl (C=O) groups is 2. The Morgan fingerprint density at radius 2 is 1.74 bits per heavy atom. The van der Waals surface area contributed by atoms with Crippen molar-refractivity contribution in [3.05, 3.63) is 83.8 Å². The van der Waals surface area contributed by atoms with Gasteiger partial charge >= 0.3 is 5.97 Å². The molecule has 0 aliphatic carbocycles. The van der Waals surface area contributed by atoms with Crippen molar-refractivity contribution in [1.82, 2.24) is 9.47 Å². The van der Waals surface area contributed by atoms with Crippen LogP contribution in [0, 0.1) is 5.82 Å². The number of carboxylic acids is 1. The van der Waals surface area contributed by atoms with E-state index in [-0.39, 0.29) is 29.0 Å². The fourth-order valence-corrected chi connectivity index (χ4v) is 5.03. The maximum absolute atomic E-state index is 13.8. The maximum atomic E-state index is 13.8. The van der Waals surface area contributed by atoms with Crippen molar-refractivity contribution in [3.63, 3.8) is 0 Å². The number of fused-ring (bicyclic) bond motifs is 1. The van der Waals surface area contributed by atoms with Crippen molar-refractivity contribution in [3.8, 4) is 22.6 Å². The molecule has 1 saturated heterocycles. The van der Waals surface area contributed by atoms with Crippen LogP contribution in [-0.4, -0.2) is 44.6 Å². The average Bonchev–Trinajstić information content (AvgIpc) is 3.43. The number of carboxylic acid groups (broad SMARTS) is 1. The third-order valence-electron chi connectivity index (χ3n) is 6.54. The molecule has 1 atom stereocenters. The first-order valence-corrected chi connectivity index (χ1v) is 11.1. The van der Waals surface area contributed by atoms with E-state index in [2.05, 4.69) is 0 Å². The molecule has 1 aliphatic rings. The van der Waals surface area contributed by atoms with E-state index in [0.717, 1.165) is 5.69 Å². The molecule has 0 radical (unpaired) electrons. The van der Waals surface area contributed by atoms with Gasteiger partial charge in [0.25, 0.3) is 0 Å². The van der Waals surface area contributed by atoms with Gasteiger partial charge in [-0.15, -0.1) is 0 Å². The number of amides is 1. The van der Waals surface area contributed by atoms with Crippen molar-refractivity contribution in [2.75, 3.05) is 13.1 Å². The number of hydrogen-bond acceptors (Lipinski definition) is 3. The normalized spacial score (nSPS) is 15.7. The third-order valence-corrected chi connectivity index (χ3v) is 6.54. The van der Waals surface area contributed by atoms with Gasteiger partial charge in [-0.25, -0.2) is 9.18 Å². The van der Waals surface area contributed by atoms with Gasteiger partial charge in [0, 0.05) is 48.3 Å². The lowest BCUT2D eigenvalue weighted by Crippen LogP contribution is -2.25. The maximum Gasteiger partial charge on any atom is 0.336 e. The smallest absolute Gasteiger partial charge is 0.336 e. The molecule has 1 aliphatic heterocycles. The number of hydrogen-bond donors (Lipinski definition) is 2.